The number of hydrogen-bond acceptors (Lipinski definition) is 5. The van der Waals surface area contributed by atoms with Gasteiger partial charge in [-0.15, -0.1) is 24.8 Å². The van der Waals surface area contributed by atoms with E-state index in [-0.39, 0.29) is 36.6 Å². The second-order valence-electron chi connectivity index (χ2n) is 6.64. The van der Waals surface area contributed by atoms with Crippen LogP contribution in [0.25, 0.3) is 0 Å². The normalized spacial score (nSPS) is 18.1. The van der Waals surface area contributed by atoms with Gasteiger partial charge >= 0.3 is 0 Å². The number of anilines is 2. The topological polar surface area (TPSA) is 63.3 Å². The Morgan fingerprint density at radius 3 is 1.85 bits per heavy atom. The first-order valence-corrected chi connectivity index (χ1v) is 8.72. The Morgan fingerprint density at radius 2 is 1.38 bits per heavy atom. The van der Waals surface area contributed by atoms with E-state index in [1.807, 2.05) is 0 Å². The Hall–Kier alpha value is -1.82. The van der Waals surface area contributed by atoms with E-state index in [1.165, 1.54) is 5.69 Å². The van der Waals surface area contributed by atoms with Crippen LogP contribution >= 0.6 is 24.8 Å². The van der Waals surface area contributed by atoms with Crippen molar-refractivity contribution < 1.29 is 4.74 Å². The average molecular weight is 397 g/mol. The molecule has 142 valence electrons. The molecule has 7 heteroatoms. The minimum Gasteiger partial charge on any atom is -0.495 e. The lowest BCUT2D eigenvalue weighted by Crippen LogP contribution is -2.34. The Bertz CT molecular complexity index is 654. The van der Waals surface area contributed by atoms with Crippen LogP contribution in [0.4, 0.5) is 11.4 Å². The molecule has 0 aromatic heterocycles. The minimum atomic E-state index is 0. The van der Waals surface area contributed by atoms with Gasteiger partial charge in [0.05, 0.1) is 24.9 Å². The van der Waals surface area contributed by atoms with E-state index in [2.05, 4.69) is 40.1 Å². The highest BCUT2D eigenvalue weighted by Gasteiger charge is 2.23. The van der Waals surface area contributed by atoms with E-state index in [9.17, 15) is 0 Å². The first-order valence-electron chi connectivity index (χ1n) is 8.72. The predicted octanol–water partition coefficient (Wildman–Crippen LogP) is 4.02. The second kappa shape index (κ2) is 10.4. The molecular formula is C19H26Cl2N4O. The first kappa shape index (κ1) is 22.2. The number of nitriles is 2. The summed E-state index contributed by atoms with van der Waals surface area (Å²) in [7, 11) is 1.71. The van der Waals surface area contributed by atoms with Crippen LogP contribution in [0.2, 0.25) is 0 Å². The molecule has 5 nitrogen and oxygen atoms in total. The fourth-order valence-corrected chi connectivity index (χ4v) is 3.64. The summed E-state index contributed by atoms with van der Waals surface area (Å²) in [5, 5.41) is 18.1. The highest BCUT2D eigenvalue weighted by atomic mass is 35.5. The molecule has 2 fully saturated rings. The Morgan fingerprint density at radius 1 is 0.885 bits per heavy atom. The summed E-state index contributed by atoms with van der Waals surface area (Å²) in [5.41, 5.74) is 2.28. The van der Waals surface area contributed by atoms with Crippen LogP contribution in [0.3, 0.4) is 0 Å². The summed E-state index contributed by atoms with van der Waals surface area (Å²) in [6.45, 7) is 3.66. The third-order valence-electron chi connectivity index (χ3n) is 5.22. The second-order valence-corrected chi connectivity index (χ2v) is 6.64. The van der Waals surface area contributed by atoms with Gasteiger partial charge in [-0.1, -0.05) is 0 Å². The van der Waals surface area contributed by atoms with Crippen LogP contribution in [0.15, 0.2) is 18.2 Å². The maximum atomic E-state index is 9.05. The SMILES string of the molecule is COc1cc(N2CCC(C#N)CC2)ccc1N1CCC(C#N)CC1.Cl.Cl. The number of halogens is 2. The smallest absolute Gasteiger partial charge is 0.144 e. The fraction of sp³-hybridized carbons (Fsp3) is 0.579. The van der Waals surface area contributed by atoms with Gasteiger partial charge in [-0.3, -0.25) is 0 Å². The maximum Gasteiger partial charge on any atom is 0.144 e. The van der Waals surface area contributed by atoms with E-state index >= 15 is 0 Å². The van der Waals surface area contributed by atoms with Crippen molar-refractivity contribution in [2.45, 2.75) is 25.7 Å². The van der Waals surface area contributed by atoms with Crippen LogP contribution in [-0.2, 0) is 0 Å². The summed E-state index contributed by atoms with van der Waals surface area (Å²) >= 11 is 0. The lowest BCUT2D eigenvalue weighted by Gasteiger charge is -2.34. The third-order valence-corrected chi connectivity index (χ3v) is 5.22. The number of ether oxygens (including phenoxy) is 1. The quantitative estimate of drug-likeness (QED) is 0.771. The zero-order valence-corrected chi connectivity index (χ0v) is 16.7. The van der Waals surface area contributed by atoms with Crippen molar-refractivity contribution in [2.24, 2.45) is 11.8 Å². The van der Waals surface area contributed by atoms with Crippen molar-refractivity contribution >= 4 is 36.2 Å². The van der Waals surface area contributed by atoms with Crippen molar-refractivity contribution in [3.05, 3.63) is 18.2 Å². The van der Waals surface area contributed by atoms with Gasteiger partial charge in [-0.05, 0) is 37.8 Å². The zero-order valence-electron chi connectivity index (χ0n) is 15.1. The Kier molecular flexibility index (Phi) is 8.85. The molecule has 0 atom stereocenters. The molecule has 0 N–H and O–H groups in total. The van der Waals surface area contributed by atoms with E-state index in [4.69, 9.17) is 15.3 Å². The number of methoxy groups -OCH3 is 1. The van der Waals surface area contributed by atoms with Crippen LogP contribution < -0.4 is 14.5 Å². The molecule has 0 unspecified atom stereocenters. The number of benzene rings is 1. The van der Waals surface area contributed by atoms with Crippen molar-refractivity contribution in [1.82, 2.24) is 0 Å². The minimum absolute atomic E-state index is 0. The van der Waals surface area contributed by atoms with E-state index in [1.54, 1.807) is 7.11 Å². The zero-order chi connectivity index (χ0) is 16.9. The summed E-state index contributed by atoms with van der Waals surface area (Å²) in [5.74, 6) is 1.28. The van der Waals surface area contributed by atoms with E-state index in [0.29, 0.717) is 0 Å². The fourth-order valence-electron chi connectivity index (χ4n) is 3.64. The number of piperidine rings is 2. The third kappa shape index (κ3) is 4.87. The molecule has 3 rings (SSSR count). The molecule has 0 bridgehead atoms. The average Bonchev–Trinajstić information content (AvgIpc) is 2.67. The largest absolute Gasteiger partial charge is 0.495 e. The molecule has 2 heterocycles. The molecular weight excluding hydrogens is 371 g/mol. The molecule has 0 radical (unpaired) electrons. The van der Waals surface area contributed by atoms with Crippen LogP contribution in [0.5, 0.6) is 5.75 Å². The van der Waals surface area contributed by atoms with E-state index < -0.39 is 0 Å². The van der Waals surface area contributed by atoms with E-state index in [0.717, 1.165) is 63.3 Å². The van der Waals surface area contributed by atoms with Gasteiger partial charge in [0.15, 0.2) is 0 Å². The van der Waals surface area contributed by atoms with Gasteiger partial charge in [-0.25, -0.2) is 0 Å². The standard InChI is InChI=1S/C19H24N4O.2ClH/c1-24-19-12-17(22-8-4-15(13-20)5-9-22)2-3-18(19)23-10-6-16(14-21)7-11-23;;/h2-3,12,15-16H,4-11H2,1H3;2*1H. The molecule has 2 aliphatic rings. The summed E-state index contributed by atoms with van der Waals surface area (Å²) in [6.07, 6.45) is 3.70. The highest BCUT2D eigenvalue weighted by molar-refractivity contribution is 5.85. The van der Waals surface area contributed by atoms with Gasteiger partial charge < -0.3 is 14.5 Å². The predicted molar refractivity (Wildman–Crippen MR) is 109 cm³/mol. The molecule has 1 aromatic rings. The molecule has 26 heavy (non-hydrogen) atoms. The Labute approximate surface area is 168 Å². The monoisotopic (exact) mass is 396 g/mol. The number of rotatable bonds is 3. The van der Waals surface area contributed by atoms with Crippen LogP contribution in [0, 0.1) is 34.5 Å². The molecule has 0 spiro atoms. The maximum absolute atomic E-state index is 9.05. The highest BCUT2D eigenvalue weighted by Crippen LogP contribution is 2.35. The van der Waals surface area contributed by atoms with Crippen LogP contribution in [-0.4, -0.2) is 33.3 Å². The lowest BCUT2D eigenvalue weighted by molar-refractivity contribution is 0.409. The van der Waals surface area contributed by atoms with Crippen molar-refractivity contribution in [1.29, 1.82) is 10.5 Å². The number of nitrogens with zero attached hydrogens (tertiary/aromatic N) is 4. The van der Waals surface area contributed by atoms with Gasteiger partial charge in [0.2, 0.25) is 0 Å². The molecule has 1 aromatic carbocycles. The lowest BCUT2D eigenvalue weighted by atomic mass is 9.97. The van der Waals surface area contributed by atoms with Crippen molar-refractivity contribution in [3.8, 4) is 17.9 Å². The first-order chi connectivity index (χ1) is 11.7. The number of hydrogen-bond donors (Lipinski definition) is 0. The molecule has 0 saturated carbocycles. The molecule has 2 aliphatic heterocycles. The summed E-state index contributed by atoms with van der Waals surface area (Å²) in [6, 6.07) is 11.2. The Balaban J connectivity index is 0.00000169. The van der Waals surface area contributed by atoms with Gasteiger partial charge in [0, 0.05) is 49.8 Å². The van der Waals surface area contributed by atoms with Crippen molar-refractivity contribution in [2.75, 3.05) is 43.1 Å². The van der Waals surface area contributed by atoms with Gasteiger partial charge in [-0.2, -0.15) is 10.5 Å². The molecule has 0 aliphatic carbocycles. The van der Waals surface area contributed by atoms with Gasteiger partial charge in [0.25, 0.3) is 0 Å². The molecule has 0 amide bonds. The van der Waals surface area contributed by atoms with Gasteiger partial charge in [0.1, 0.15) is 5.75 Å². The van der Waals surface area contributed by atoms with Crippen molar-refractivity contribution in [3.63, 3.8) is 0 Å². The van der Waals surface area contributed by atoms with Crippen LogP contribution in [0.1, 0.15) is 25.7 Å². The summed E-state index contributed by atoms with van der Waals surface area (Å²) < 4.78 is 5.64. The summed E-state index contributed by atoms with van der Waals surface area (Å²) in [4.78, 5) is 4.65. The molecule has 2 saturated heterocycles.